The van der Waals surface area contributed by atoms with Crippen molar-refractivity contribution in [1.82, 2.24) is 14.8 Å². The molecule has 1 N–H and O–H groups in total. The van der Waals surface area contributed by atoms with E-state index in [1.807, 2.05) is 42.5 Å². The van der Waals surface area contributed by atoms with E-state index in [-0.39, 0.29) is 18.0 Å². The Morgan fingerprint density at radius 3 is 2.73 bits per heavy atom. The predicted molar refractivity (Wildman–Crippen MR) is 102 cm³/mol. The molecular formula is C19H14N4O2S. The average Bonchev–Trinajstić information content (AvgIpc) is 3.16. The highest BCUT2D eigenvalue weighted by Gasteiger charge is 2.09. The molecule has 0 aliphatic rings. The molecule has 7 heteroatoms. The van der Waals surface area contributed by atoms with E-state index in [9.17, 15) is 9.59 Å². The van der Waals surface area contributed by atoms with Crippen LogP contribution in [0, 0.1) is 0 Å². The molecule has 0 saturated carbocycles. The molecule has 0 atom stereocenters. The zero-order valence-corrected chi connectivity index (χ0v) is 14.4. The molecule has 0 radical (unpaired) electrons. The molecule has 4 rings (SSSR count). The van der Waals surface area contributed by atoms with Gasteiger partial charge in [0.1, 0.15) is 6.54 Å². The van der Waals surface area contributed by atoms with Crippen molar-refractivity contribution >= 4 is 33.1 Å². The molecule has 0 saturated heterocycles. The Balaban J connectivity index is 1.62. The van der Waals surface area contributed by atoms with Crippen LogP contribution >= 0.6 is 11.3 Å². The summed E-state index contributed by atoms with van der Waals surface area (Å²) in [6.45, 7) is -0.167. The third kappa shape index (κ3) is 3.38. The first-order valence-electron chi connectivity index (χ1n) is 7.96. The number of nitrogens with one attached hydrogen (secondary N) is 1. The summed E-state index contributed by atoms with van der Waals surface area (Å²) in [4.78, 5) is 28.2. The van der Waals surface area contributed by atoms with Gasteiger partial charge in [0.05, 0.1) is 5.69 Å². The van der Waals surface area contributed by atoms with Gasteiger partial charge in [-0.3, -0.25) is 9.59 Å². The van der Waals surface area contributed by atoms with Crippen LogP contribution in [0.2, 0.25) is 0 Å². The summed E-state index contributed by atoms with van der Waals surface area (Å²) in [6.07, 6.45) is 1.60. The van der Waals surface area contributed by atoms with E-state index in [1.165, 1.54) is 17.4 Å². The van der Waals surface area contributed by atoms with Gasteiger partial charge in [0.2, 0.25) is 5.91 Å². The summed E-state index contributed by atoms with van der Waals surface area (Å²) in [5, 5.41) is 11.5. The SMILES string of the molecule is O=C(Cn1nc(-c2ccc3ccccc3c2)ccc1=O)Nc1nccs1. The van der Waals surface area contributed by atoms with Crippen molar-refractivity contribution in [2.75, 3.05) is 5.32 Å². The van der Waals surface area contributed by atoms with Crippen molar-refractivity contribution in [3.05, 3.63) is 76.5 Å². The molecule has 0 aliphatic heterocycles. The van der Waals surface area contributed by atoms with E-state index in [0.29, 0.717) is 10.8 Å². The Labute approximate surface area is 152 Å². The fraction of sp³-hybridized carbons (Fsp3) is 0.0526. The fourth-order valence-electron chi connectivity index (χ4n) is 2.64. The maximum Gasteiger partial charge on any atom is 0.267 e. The van der Waals surface area contributed by atoms with Gasteiger partial charge < -0.3 is 5.32 Å². The number of amides is 1. The van der Waals surface area contributed by atoms with Gasteiger partial charge in [0.15, 0.2) is 5.13 Å². The minimum atomic E-state index is -0.342. The third-order valence-electron chi connectivity index (χ3n) is 3.88. The van der Waals surface area contributed by atoms with Gasteiger partial charge in [-0.15, -0.1) is 11.3 Å². The Morgan fingerprint density at radius 1 is 1.08 bits per heavy atom. The van der Waals surface area contributed by atoms with Gasteiger partial charge in [-0.1, -0.05) is 36.4 Å². The molecule has 0 unspecified atom stereocenters. The van der Waals surface area contributed by atoms with Gasteiger partial charge >= 0.3 is 0 Å². The summed E-state index contributed by atoms with van der Waals surface area (Å²) < 4.78 is 1.16. The molecule has 4 aromatic rings. The van der Waals surface area contributed by atoms with Crippen LogP contribution in [0.5, 0.6) is 0 Å². The number of benzene rings is 2. The molecule has 0 spiro atoms. The van der Waals surface area contributed by atoms with E-state index in [4.69, 9.17) is 0 Å². The molecule has 128 valence electrons. The molecular weight excluding hydrogens is 348 g/mol. The van der Waals surface area contributed by atoms with E-state index < -0.39 is 0 Å². The van der Waals surface area contributed by atoms with Gasteiger partial charge in [-0.25, -0.2) is 9.67 Å². The smallest absolute Gasteiger partial charge is 0.267 e. The highest BCUT2D eigenvalue weighted by atomic mass is 32.1. The van der Waals surface area contributed by atoms with Crippen molar-refractivity contribution in [3.63, 3.8) is 0 Å². The summed E-state index contributed by atoms with van der Waals surface area (Å²) in [7, 11) is 0. The number of rotatable bonds is 4. The van der Waals surface area contributed by atoms with Crippen molar-refractivity contribution in [2.24, 2.45) is 0 Å². The topological polar surface area (TPSA) is 76.9 Å². The number of carbonyl (C=O) groups excluding carboxylic acids is 1. The van der Waals surface area contributed by atoms with Crippen LogP contribution in [0.3, 0.4) is 0 Å². The Hall–Kier alpha value is -3.32. The highest BCUT2D eigenvalue weighted by molar-refractivity contribution is 7.13. The standard InChI is InChI=1S/C19H14N4O2S/c24-17(21-19-20-9-10-26-19)12-23-18(25)8-7-16(22-23)15-6-5-13-3-1-2-4-14(13)11-15/h1-11H,12H2,(H,20,21,24). The van der Waals surface area contributed by atoms with E-state index in [0.717, 1.165) is 21.0 Å². The first-order valence-corrected chi connectivity index (χ1v) is 8.84. The van der Waals surface area contributed by atoms with E-state index in [2.05, 4.69) is 15.4 Å². The summed E-state index contributed by atoms with van der Waals surface area (Å²) in [5.74, 6) is -0.342. The monoisotopic (exact) mass is 362 g/mol. The van der Waals surface area contributed by atoms with Crippen molar-refractivity contribution < 1.29 is 4.79 Å². The minimum absolute atomic E-state index is 0.167. The van der Waals surface area contributed by atoms with Crippen LogP contribution in [-0.4, -0.2) is 20.7 Å². The molecule has 0 fully saturated rings. The lowest BCUT2D eigenvalue weighted by Crippen LogP contribution is -2.29. The zero-order chi connectivity index (χ0) is 17.9. The lowest BCUT2D eigenvalue weighted by molar-refractivity contribution is -0.117. The zero-order valence-electron chi connectivity index (χ0n) is 13.6. The lowest BCUT2D eigenvalue weighted by atomic mass is 10.1. The number of anilines is 1. The van der Waals surface area contributed by atoms with Gasteiger partial charge in [0, 0.05) is 23.2 Å². The Kier molecular flexibility index (Phi) is 4.28. The van der Waals surface area contributed by atoms with Crippen LogP contribution in [0.1, 0.15) is 0 Å². The second kappa shape index (κ2) is 6.89. The average molecular weight is 362 g/mol. The highest BCUT2D eigenvalue weighted by Crippen LogP contribution is 2.22. The van der Waals surface area contributed by atoms with Crippen LogP contribution in [-0.2, 0) is 11.3 Å². The van der Waals surface area contributed by atoms with Gasteiger partial charge in [0.25, 0.3) is 5.56 Å². The molecule has 2 aromatic carbocycles. The van der Waals surface area contributed by atoms with Crippen LogP contribution in [0.15, 0.2) is 71.0 Å². The minimum Gasteiger partial charge on any atom is -0.300 e. The number of carbonyl (C=O) groups is 1. The van der Waals surface area contributed by atoms with Gasteiger partial charge in [-0.05, 0) is 22.9 Å². The van der Waals surface area contributed by atoms with Gasteiger partial charge in [-0.2, -0.15) is 5.10 Å². The predicted octanol–water partition coefficient (Wildman–Crippen LogP) is 3.16. The lowest BCUT2D eigenvalue weighted by Gasteiger charge is -2.08. The van der Waals surface area contributed by atoms with E-state index in [1.54, 1.807) is 17.6 Å². The molecule has 2 aromatic heterocycles. The normalized spacial score (nSPS) is 10.8. The number of thiazole rings is 1. The van der Waals surface area contributed by atoms with Crippen LogP contribution in [0.4, 0.5) is 5.13 Å². The summed E-state index contributed by atoms with van der Waals surface area (Å²) in [5.41, 5.74) is 1.19. The van der Waals surface area contributed by atoms with Crippen molar-refractivity contribution in [2.45, 2.75) is 6.54 Å². The molecule has 26 heavy (non-hydrogen) atoms. The van der Waals surface area contributed by atoms with E-state index >= 15 is 0 Å². The first-order chi connectivity index (χ1) is 12.7. The molecule has 6 nitrogen and oxygen atoms in total. The summed E-state index contributed by atoms with van der Waals surface area (Å²) >= 11 is 1.32. The number of hydrogen-bond acceptors (Lipinski definition) is 5. The molecule has 0 bridgehead atoms. The molecule has 0 aliphatic carbocycles. The third-order valence-corrected chi connectivity index (χ3v) is 4.57. The quantitative estimate of drug-likeness (QED) is 0.605. The molecule has 2 heterocycles. The number of fused-ring (bicyclic) bond motifs is 1. The van der Waals surface area contributed by atoms with Crippen molar-refractivity contribution in [1.29, 1.82) is 0 Å². The Bertz CT molecular complexity index is 1140. The maximum absolute atomic E-state index is 12.1. The van der Waals surface area contributed by atoms with Crippen LogP contribution in [0.25, 0.3) is 22.0 Å². The second-order valence-corrected chi connectivity index (χ2v) is 6.56. The first kappa shape index (κ1) is 16.2. The number of hydrogen-bond donors (Lipinski definition) is 1. The second-order valence-electron chi connectivity index (χ2n) is 5.66. The summed E-state index contributed by atoms with van der Waals surface area (Å²) in [6, 6.07) is 17.1. The van der Waals surface area contributed by atoms with Crippen molar-refractivity contribution in [3.8, 4) is 11.3 Å². The maximum atomic E-state index is 12.1. The van der Waals surface area contributed by atoms with Crippen LogP contribution < -0.4 is 10.9 Å². The largest absolute Gasteiger partial charge is 0.300 e. The molecule has 1 amide bonds. The number of nitrogens with zero attached hydrogens (tertiary/aromatic N) is 3. The number of aromatic nitrogens is 3. The Morgan fingerprint density at radius 2 is 1.92 bits per heavy atom. The fourth-order valence-corrected chi connectivity index (χ4v) is 3.19.